The molecule has 0 aliphatic carbocycles. The first kappa shape index (κ1) is 23.1. The van der Waals surface area contributed by atoms with Crippen LogP contribution in [0, 0.1) is 17.3 Å². The molecule has 0 spiro atoms. The Kier molecular flexibility index (Phi) is 7.21. The number of carbonyl (C=O) groups is 1. The number of ether oxygens (including phenoxy) is 1. The second kappa shape index (κ2) is 9.69. The molecule has 1 N–H and O–H groups in total. The summed E-state index contributed by atoms with van der Waals surface area (Å²) >= 11 is 0. The van der Waals surface area contributed by atoms with Crippen LogP contribution >= 0.6 is 0 Å². The number of anilines is 2. The van der Waals surface area contributed by atoms with Crippen molar-refractivity contribution in [2.45, 2.75) is 34.1 Å². The normalized spacial score (nSPS) is 19.2. The molecule has 3 rings (SSSR count). The van der Waals surface area contributed by atoms with Crippen LogP contribution < -0.4 is 14.5 Å². The molecule has 168 valence electrons. The standard InChI is InChI=1S/C25H35N3O3/c1-18-15-27(13-11-19(18)16-29)22-14-20(31-5)9-10-21(22)24(30)28(17-25(2,3)4)23-8-6-7-12-26-23/h6-10,12,14,18-19,29H,11,13,15-17H2,1-5H3. The zero-order valence-corrected chi connectivity index (χ0v) is 19.3. The molecule has 1 aromatic heterocycles. The SMILES string of the molecule is COc1ccc(C(=O)N(CC(C)(C)C)c2ccccn2)c(N2CCC(CO)C(C)C2)c1. The molecule has 1 aliphatic heterocycles. The van der Waals surface area contributed by atoms with Gasteiger partial charge in [-0.15, -0.1) is 0 Å². The maximum absolute atomic E-state index is 13.9. The molecule has 6 heteroatoms. The lowest BCUT2D eigenvalue weighted by Gasteiger charge is -2.39. The fraction of sp³-hybridized carbons (Fsp3) is 0.520. The van der Waals surface area contributed by atoms with Crippen molar-refractivity contribution in [3.05, 3.63) is 48.2 Å². The van der Waals surface area contributed by atoms with Crippen molar-refractivity contribution >= 4 is 17.4 Å². The molecule has 0 bridgehead atoms. The number of methoxy groups -OCH3 is 1. The van der Waals surface area contributed by atoms with Gasteiger partial charge in [0, 0.05) is 38.5 Å². The van der Waals surface area contributed by atoms with Crippen LogP contribution in [0.4, 0.5) is 11.5 Å². The van der Waals surface area contributed by atoms with E-state index in [1.165, 1.54) is 0 Å². The van der Waals surface area contributed by atoms with Crippen LogP contribution in [0.5, 0.6) is 5.75 Å². The van der Waals surface area contributed by atoms with E-state index in [4.69, 9.17) is 4.74 Å². The van der Waals surface area contributed by atoms with Gasteiger partial charge in [0.2, 0.25) is 0 Å². The largest absolute Gasteiger partial charge is 0.497 e. The minimum absolute atomic E-state index is 0.0665. The van der Waals surface area contributed by atoms with E-state index in [1.54, 1.807) is 18.2 Å². The highest BCUT2D eigenvalue weighted by Gasteiger charge is 2.31. The number of benzene rings is 1. The van der Waals surface area contributed by atoms with Gasteiger partial charge in [-0.2, -0.15) is 0 Å². The summed E-state index contributed by atoms with van der Waals surface area (Å²) in [5, 5.41) is 9.64. The maximum Gasteiger partial charge on any atom is 0.261 e. The van der Waals surface area contributed by atoms with Crippen molar-refractivity contribution in [1.29, 1.82) is 0 Å². The topological polar surface area (TPSA) is 65.9 Å². The summed E-state index contributed by atoms with van der Waals surface area (Å²) in [5.41, 5.74) is 1.43. The molecule has 1 saturated heterocycles. The van der Waals surface area contributed by atoms with Crippen LogP contribution in [-0.4, -0.2) is 49.3 Å². The highest BCUT2D eigenvalue weighted by atomic mass is 16.5. The van der Waals surface area contributed by atoms with Gasteiger partial charge in [0.1, 0.15) is 11.6 Å². The Morgan fingerprint density at radius 1 is 1.29 bits per heavy atom. The summed E-state index contributed by atoms with van der Waals surface area (Å²) in [6.07, 6.45) is 2.61. The highest BCUT2D eigenvalue weighted by molar-refractivity contribution is 6.09. The number of amides is 1. The molecule has 2 atom stereocenters. The average Bonchev–Trinajstić information content (AvgIpc) is 2.76. The zero-order chi connectivity index (χ0) is 22.6. The lowest BCUT2D eigenvalue weighted by Crippen LogP contribution is -2.43. The Morgan fingerprint density at radius 2 is 2.06 bits per heavy atom. The van der Waals surface area contributed by atoms with Crippen LogP contribution in [0.1, 0.15) is 44.5 Å². The fourth-order valence-corrected chi connectivity index (χ4v) is 4.16. The van der Waals surface area contributed by atoms with Crippen molar-refractivity contribution in [3.63, 3.8) is 0 Å². The zero-order valence-electron chi connectivity index (χ0n) is 19.3. The molecular formula is C25H35N3O3. The molecule has 2 unspecified atom stereocenters. The fourth-order valence-electron chi connectivity index (χ4n) is 4.16. The molecule has 2 aromatic rings. The summed E-state index contributed by atoms with van der Waals surface area (Å²) in [4.78, 5) is 22.3. The van der Waals surface area contributed by atoms with Crippen molar-refractivity contribution < 1.29 is 14.6 Å². The first-order valence-corrected chi connectivity index (χ1v) is 11.0. The number of aliphatic hydroxyl groups excluding tert-OH is 1. The predicted octanol–water partition coefficient (Wildman–Crippen LogP) is 4.24. The van der Waals surface area contributed by atoms with Crippen LogP contribution in [-0.2, 0) is 0 Å². The molecule has 1 amide bonds. The van der Waals surface area contributed by atoms with Gasteiger partial charge >= 0.3 is 0 Å². The van der Waals surface area contributed by atoms with E-state index in [1.807, 2.05) is 36.4 Å². The molecular weight excluding hydrogens is 390 g/mol. The second-order valence-corrected chi connectivity index (χ2v) is 9.68. The van der Waals surface area contributed by atoms with E-state index in [9.17, 15) is 9.90 Å². The quantitative estimate of drug-likeness (QED) is 0.750. The van der Waals surface area contributed by atoms with Gasteiger partial charge in [-0.3, -0.25) is 9.69 Å². The number of pyridine rings is 1. The number of nitrogens with zero attached hydrogens (tertiary/aromatic N) is 3. The number of carbonyl (C=O) groups excluding carboxylic acids is 1. The molecule has 1 fully saturated rings. The van der Waals surface area contributed by atoms with E-state index in [0.717, 1.165) is 30.9 Å². The Morgan fingerprint density at radius 3 is 2.65 bits per heavy atom. The molecule has 31 heavy (non-hydrogen) atoms. The van der Waals surface area contributed by atoms with Gasteiger partial charge in [0.05, 0.1) is 18.4 Å². The monoisotopic (exact) mass is 425 g/mol. The Bertz CT molecular complexity index is 879. The summed E-state index contributed by atoms with van der Waals surface area (Å²) in [6.45, 7) is 10.9. The number of aliphatic hydroxyl groups is 1. The predicted molar refractivity (Wildman–Crippen MR) is 125 cm³/mol. The van der Waals surface area contributed by atoms with Gasteiger partial charge in [-0.25, -0.2) is 4.98 Å². The molecule has 1 aliphatic rings. The highest BCUT2D eigenvalue weighted by Crippen LogP contribution is 2.34. The second-order valence-electron chi connectivity index (χ2n) is 9.68. The van der Waals surface area contributed by atoms with Gasteiger partial charge in [-0.1, -0.05) is 33.8 Å². The minimum Gasteiger partial charge on any atom is -0.497 e. The van der Waals surface area contributed by atoms with E-state index in [0.29, 0.717) is 29.8 Å². The molecule has 6 nitrogen and oxygen atoms in total. The lowest BCUT2D eigenvalue weighted by molar-refractivity contribution is 0.0976. The maximum atomic E-state index is 13.9. The van der Waals surface area contributed by atoms with Gasteiger partial charge in [-0.05, 0) is 47.9 Å². The number of rotatable bonds is 6. The van der Waals surface area contributed by atoms with Crippen molar-refractivity contribution in [2.24, 2.45) is 17.3 Å². The Hall–Kier alpha value is -2.60. The third kappa shape index (κ3) is 5.56. The molecule has 0 saturated carbocycles. The third-order valence-corrected chi connectivity index (χ3v) is 5.90. The number of aromatic nitrogens is 1. The first-order valence-electron chi connectivity index (χ1n) is 11.0. The number of hydrogen-bond acceptors (Lipinski definition) is 5. The van der Waals surface area contributed by atoms with Crippen LogP contribution in [0.15, 0.2) is 42.6 Å². The molecule has 1 aromatic carbocycles. The van der Waals surface area contributed by atoms with Crippen molar-refractivity contribution in [1.82, 2.24) is 4.98 Å². The van der Waals surface area contributed by atoms with Gasteiger partial charge < -0.3 is 14.7 Å². The summed E-state index contributed by atoms with van der Waals surface area (Å²) in [5.74, 6) is 1.95. The van der Waals surface area contributed by atoms with E-state index < -0.39 is 0 Å². The summed E-state index contributed by atoms with van der Waals surface area (Å²) < 4.78 is 5.47. The Balaban J connectivity index is 2.01. The third-order valence-electron chi connectivity index (χ3n) is 5.90. The summed E-state index contributed by atoms with van der Waals surface area (Å²) in [7, 11) is 1.64. The molecule has 2 heterocycles. The Labute approximate surface area is 185 Å². The smallest absolute Gasteiger partial charge is 0.261 e. The van der Waals surface area contributed by atoms with Crippen molar-refractivity contribution in [2.75, 3.05) is 43.2 Å². The van der Waals surface area contributed by atoms with Crippen molar-refractivity contribution in [3.8, 4) is 5.75 Å². The first-order chi connectivity index (χ1) is 14.7. The number of piperidine rings is 1. The summed E-state index contributed by atoms with van der Waals surface area (Å²) in [6, 6.07) is 11.3. The van der Waals surface area contributed by atoms with Gasteiger partial charge in [0.25, 0.3) is 5.91 Å². The lowest BCUT2D eigenvalue weighted by atomic mass is 9.87. The molecule has 0 radical (unpaired) electrons. The van der Waals surface area contributed by atoms with E-state index in [-0.39, 0.29) is 17.9 Å². The van der Waals surface area contributed by atoms with E-state index in [2.05, 4.69) is 37.6 Å². The van der Waals surface area contributed by atoms with E-state index >= 15 is 0 Å². The van der Waals surface area contributed by atoms with Crippen LogP contribution in [0.3, 0.4) is 0 Å². The average molecular weight is 426 g/mol. The number of hydrogen-bond donors (Lipinski definition) is 1. The minimum atomic E-state index is -0.0895. The van der Waals surface area contributed by atoms with Crippen LogP contribution in [0.25, 0.3) is 0 Å². The van der Waals surface area contributed by atoms with Crippen LogP contribution in [0.2, 0.25) is 0 Å². The van der Waals surface area contributed by atoms with Gasteiger partial charge in [0.15, 0.2) is 0 Å².